The van der Waals surface area contributed by atoms with Crippen molar-refractivity contribution >= 4 is 17.0 Å². The molecule has 4 rings (SSSR count). The summed E-state index contributed by atoms with van der Waals surface area (Å²) in [5, 5.41) is 12.7. The third-order valence-electron chi connectivity index (χ3n) is 4.72. The van der Waals surface area contributed by atoms with Crippen LogP contribution < -0.4 is 5.32 Å². The van der Waals surface area contributed by atoms with E-state index in [0.29, 0.717) is 11.8 Å². The molecule has 1 aliphatic carbocycles. The average molecular weight is 323 g/mol. The minimum Gasteiger partial charge on any atom is -0.508 e. The zero-order valence-electron chi connectivity index (χ0n) is 13.5. The summed E-state index contributed by atoms with van der Waals surface area (Å²) in [5.74, 6) is 1.08. The van der Waals surface area contributed by atoms with Gasteiger partial charge in [-0.25, -0.2) is 15.0 Å². The minimum atomic E-state index is 0.293. The molecule has 1 fully saturated rings. The fourth-order valence-corrected chi connectivity index (χ4v) is 3.42. The number of nitrogens with one attached hydrogen (secondary N) is 1. The molecule has 124 valence electrons. The van der Waals surface area contributed by atoms with E-state index in [1.54, 1.807) is 18.5 Å². The van der Waals surface area contributed by atoms with Crippen molar-refractivity contribution in [2.45, 2.75) is 38.1 Å². The molecule has 0 aliphatic heterocycles. The van der Waals surface area contributed by atoms with Crippen LogP contribution in [0.5, 0.6) is 5.75 Å². The van der Waals surface area contributed by atoms with Crippen LogP contribution in [0.15, 0.2) is 36.9 Å². The van der Waals surface area contributed by atoms with E-state index in [1.807, 2.05) is 18.5 Å². The van der Waals surface area contributed by atoms with Crippen molar-refractivity contribution in [3.05, 3.63) is 42.5 Å². The van der Waals surface area contributed by atoms with E-state index < -0.39 is 0 Å². The molecule has 0 saturated heterocycles. The molecular weight excluding hydrogens is 302 g/mol. The van der Waals surface area contributed by atoms with Crippen LogP contribution in [-0.2, 0) is 6.42 Å². The predicted molar refractivity (Wildman–Crippen MR) is 93.1 cm³/mol. The van der Waals surface area contributed by atoms with Gasteiger partial charge in [0.15, 0.2) is 11.5 Å². The van der Waals surface area contributed by atoms with Crippen LogP contribution in [0.25, 0.3) is 11.2 Å². The Morgan fingerprint density at radius 3 is 2.67 bits per heavy atom. The minimum absolute atomic E-state index is 0.293. The lowest BCUT2D eigenvalue weighted by molar-refractivity contribution is 0.475. The quantitative estimate of drug-likeness (QED) is 0.753. The zero-order valence-corrected chi connectivity index (χ0v) is 13.5. The topological polar surface area (TPSA) is 75.9 Å². The molecule has 2 heterocycles. The number of aromatic hydroxyl groups is 1. The van der Waals surface area contributed by atoms with Gasteiger partial charge in [0.2, 0.25) is 0 Å². The van der Waals surface area contributed by atoms with Gasteiger partial charge in [0.05, 0.1) is 6.33 Å². The van der Waals surface area contributed by atoms with Crippen LogP contribution in [0.2, 0.25) is 0 Å². The van der Waals surface area contributed by atoms with Gasteiger partial charge in [-0.1, -0.05) is 25.0 Å². The van der Waals surface area contributed by atoms with Crippen molar-refractivity contribution in [3.8, 4) is 5.75 Å². The van der Waals surface area contributed by atoms with E-state index in [-0.39, 0.29) is 0 Å². The van der Waals surface area contributed by atoms with E-state index in [4.69, 9.17) is 0 Å². The first-order valence-electron chi connectivity index (χ1n) is 8.50. The van der Waals surface area contributed by atoms with E-state index >= 15 is 0 Å². The van der Waals surface area contributed by atoms with Crippen LogP contribution in [0, 0.1) is 0 Å². The Balaban J connectivity index is 1.49. The highest BCUT2D eigenvalue weighted by molar-refractivity contribution is 5.82. The molecule has 0 amide bonds. The predicted octanol–water partition coefficient (Wildman–Crippen LogP) is 3.30. The van der Waals surface area contributed by atoms with Gasteiger partial charge in [-0.15, -0.1) is 0 Å². The first-order chi connectivity index (χ1) is 11.8. The molecule has 1 saturated carbocycles. The second-order valence-electron chi connectivity index (χ2n) is 6.33. The van der Waals surface area contributed by atoms with Gasteiger partial charge >= 0.3 is 0 Å². The molecule has 24 heavy (non-hydrogen) atoms. The van der Waals surface area contributed by atoms with Gasteiger partial charge in [0.25, 0.3) is 0 Å². The lowest BCUT2D eigenvalue weighted by atomic mass is 10.1. The number of imidazole rings is 1. The Kier molecular flexibility index (Phi) is 4.02. The number of rotatable bonds is 5. The number of hydrogen-bond acceptors (Lipinski definition) is 5. The van der Waals surface area contributed by atoms with Crippen molar-refractivity contribution < 1.29 is 5.11 Å². The monoisotopic (exact) mass is 323 g/mol. The van der Waals surface area contributed by atoms with Crippen molar-refractivity contribution in [3.63, 3.8) is 0 Å². The lowest BCUT2D eigenvalue weighted by Gasteiger charge is -2.11. The largest absolute Gasteiger partial charge is 0.508 e. The maximum atomic E-state index is 9.33. The molecule has 3 aromatic rings. The Morgan fingerprint density at radius 1 is 1.08 bits per heavy atom. The van der Waals surface area contributed by atoms with Gasteiger partial charge in [-0.05, 0) is 37.0 Å². The normalized spacial score (nSPS) is 15.2. The van der Waals surface area contributed by atoms with Gasteiger partial charge < -0.3 is 15.0 Å². The number of hydrogen-bond donors (Lipinski definition) is 2. The number of benzene rings is 1. The molecule has 0 unspecified atom stereocenters. The summed E-state index contributed by atoms with van der Waals surface area (Å²) >= 11 is 0. The highest BCUT2D eigenvalue weighted by Gasteiger charge is 2.20. The van der Waals surface area contributed by atoms with Crippen molar-refractivity contribution in [1.29, 1.82) is 0 Å². The molecule has 1 aromatic carbocycles. The summed E-state index contributed by atoms with van der Waals surface area (Å²) in [6.07, 6.45) is 9.35. The SMILES string of the molecule is Oc1ccc(CCNc2ncnc3c2ncn3C2CCCC2)cc1. The summed E-state index contributed by atoms with van der Waals surface area (Å²) in [5.41, 5.74) is 2.93. The first-order valence-corrected chi connectivity index (χ1v) is 8.50. The number of aromatic nitrogens is 4. The maximum absolute atomic E-state index is 9.33. The van der Waals surface area contributed by atoms with Crippen LogP contribution in [-0.4, -0.2) is 31.2 Å². The Hall–Kier alpha value is -2.63. The third-order valence-corrected chi connectivity index (χ3v) is 4.72. The number of nitrogens with zero attached hydrogens (tertiary/aromatic N) is 4. The number of anilines is 1. The third kappa shape index (κ3) is 2.91. The Bertz CT molecular complexity index is 821. The summed E-state index contributed by atoms with van der Waals surface area (Å²) in [4.78, 5) is 13.3. The number of phenols is 1. The van der Waals surface area contributed by atoms with Crippen LogP contribution in [0.4, 0.5) is 5.82 Å². The molecule has 6 heteroatoms. The maximum Gasteiger partial charge on any atom is 0.165 e. The highest BCUT2D eigenvalue weighted by Crippen LogP contribution is 2.32. The molecule has 2 N–H and O–H groups in total. The fourth-order valence-electron chi connectivity index (χ4n) is 3.42. The van der Waals surface area contributed by atoms with E-state index in [9.17, 15) is 5.11 Å². The highest BCUT2D eigenvalue weighted by atomic mass is 16.3. The first kappa shape index (κ1) is 14.9. The molecular formula is C18H21N5O. The summed E-state index contributed by atoms with van der Waals surface area (Å²) in [6, 6.07) is 7.81. The second-order valence-corrected chi connectivity index (χ2v) is 6.33. The molecule has 0 atom stereocenters. The van der Waals surface area contributed by atoms with Gasteiger partial charge in [0.1, 0.15) is 17.6 Å². The smallest absolute Gasteiger partial charge is 0.165 e. The van der Waals surface area contributed by atoms with E-state index in [2.05, 4.69) is 24.8 Å². The van der Waals surface area contributed by atoms with Crippen LogP contribution in [0.1, 0.15) is 37.3 Å². The van der Waals surface area contributed by atoms with Gasteiger partial charge in [-0.3, -0.25) is 0 Å². The second kappa shape index (κ2) is 6.47. The van der Waals surface area contributed by atoms with E-state index in [0.717, 1.165) is 29.9 Å². The Morgan fingerprint density at radius 2 is 1.88 bits per heavy atom. The molecule has 0 spiro atoms. The van der Waals surface area contributed by atoms with Crippen LogP contribution in [0.3, 0.4) is 0 Å². The molecule has 0 bridgehead atoms. The number of phenolic OH excluding ortho intramolecular Hbond substituents is 1. The summed E-state index contributed by atoms with van der Waals surface area (Å²) < 4.78 is 2.20. The van der Waals surface area contributed by atoms with E-state index in [1.165, 1.54) is 31.2 Å². The zero-order chi connectivity index (χ0) is 16.4. The number of fused-ring (bicyclic) bond motifs is 1. The van der Waals surface area contributed by atoms with Gasteiger partial charge in [-0.2, -0.15) is 0 Å². The van der Waals surface area contributed by atoms with Crippen LogP contribution >= 0.6 is 0 Å². The fraction of sp³-hybridized carbons (Fsp3) is 0.389. The summed E-state index contributed by atoms with van der Waals surface area (Å²) in [7, 11) is 0. The average Bonchev–Trinajstić information content (AvgIpc) is 3.25. The Labute approximate surface area is 140 Å². The van der Waals surface area contributed by atoms with Gasteiger partial charge in [0, 0.05) is 12.6 Å². The molecule has 0 radical (unpaired) electrons. The molecule has 6 nitrogen and oxygen atoms in total. The summed E-state index contributed by atoms with van der Waals surface area (Å²) in [6.45, 7) is 0.757. The lowest BCUT2D eigenvalue weighted by Crippen LogP contribution is -2.08. The molecule has 2 aromatic heterocycles. The van der Waals surface area contributed by atoms with Crippen molar-refractivity contribution in [1.82, 2.24) is 19.5 Å². The van der Waals surface area contributed by atoms with Crippen molar-refractivity contribution in [2.75, 3.05) is 11.9 Å². The van der Waals surface area contributed by atoms with Crippen molar-refractivity contribution in [2.24, 2.45) is 0 Å². The standard InChI is InChI=1S/C18H21N5O/c24-15-7-5-13(6-8-15)9-10-19-17-16-18(21-11-20-17)23(12-22-16)14-3-1-2-4-14/h5-8,11-12,14,24H,1-4,9-10H2,(H,19,20,21). The molecule has 1 aliphatic rings.